The molecular formula is C13H13ClN6. The molecule has 2 heterocycles. The topological polar surface area (TPSA) is 91.7 Å². The lowest BCUT2D eigenvalue weighted by atomic mass is 10.2. The van der Waals surface area contributed by atoms with E-state index < -0.39 is 0 Å². The van der Waals surface area contributed by atoms with Crippen molar-refractivity contribution in [1.29, 1.82) is 5.26 Å². The highest BCUT2D eigenvalue weighted by molar-refractivity contribution is 6.29. The SMILES string of the molecule is N#CCCN(Cc1cccnc1)c1cc(Cl)nc(N)n1. The van der Waals surface area contributed by atoms with Crippen LogP contribution in [0.3, 0.4) is 0 Å². The molecule has 2 rings (SSSR count). The number of nitrogens with two attached hydrogens (primary N) is 1. The average molecular weight is 289 g/mol. The van der Waals surface area contributed by atoms with Crippen LogP contribution >= 0.6 is 11.6 Å². The lowest BCUT2D eigenvalue weighted by molar-refractivity contribution is 0.779. The van der Waals surface area contributed by atoms with E-state index >= 15 is 0 Å². The zero-order valence-corrected chi connectivity index (χ0v) is 11.5. The third-order valence-electron chi connectivity index (χ3n) is 2.61. The Morgan fingerprint density at radius 2 is 2.25 bits per heavy atom. The first-order valence-electron chi connectivity index (χ1n) is 6.00. The zero-order chi connectivity index (χ0) is 14.4. The molecule has 0 fully saturated rings. The van der Waals surface area contributed by atoms with E-state index in [1.807, 2.05) is 17.0 Å². The third kappa shape index (κ3) is 3.80. The lowest BCUT2D eigenvalue weighted by Gasteiger charge is -2.22. The summed E-state index contributed by atoms with van der Waals surface area (Å²) in [4.78, 5) is 14.0. The van der Waals surface area contributed by atoms with Gasteiger partial charge in [-0.15, -0.1) is 0 Å². The van der Waals surface area contributed by atoms with Gasteiger partial charge in [0, 0.05) is 31.5 Å². The fourth-order valence-electron chi connectivity index (χ4n) is 1.76. The molecule has 0 atom stereocenters. The van der Waals surface area contributed by atoms with Crippen molar-refractivity contribution in [1.82, 2.24) is 15.0 Å². The molecule has 2 aromatic heterocycles. The van der Waals surface area contributed by atoms with E-state index in [1.165, 1.54) is 0 Å². The minimum absolute atomic E-state index is 0.112. The van der Waals surface area contributed by atoms with E-state index in [-0.39, 0.29) is 11.1 Å². The molecule has 0 aliphatic rings. The fourth-order valence-corrected chi connectivity index (χ4v) is 1.94. The highest BCUT2D eigenvalue weighted by Gasteiger charge is 2.11. The van der Waals surface area contributed by atoms with Crippen LogP contribution in [0.15, 0.2) is 30.6 Å². The van der Waals surface area contributed by atoms with Crippen molar-refractivity contribution >= 4 is 23.4 Å². The highest BCUT2D eigenvalue weighted by atomic mass is 35.5. The van der Waals surface area contributed by atoms with Crippen molar-refractivity contribution in [2.75, 3.05) is 17.2 Å². The van der Waals surface area contributed by atoms with Crippen LogP contribution in [0.5, 0.6) is 0 Å². The molecule has 0 saturated heterocycles. The highest BCUT2D eigenvalue weighted by Crippen LogP contribution is 2.19. The second-order valence-electron chi connectivity index (χ2n) is 4.10. The van der Waals surface area contributed by atoms with E-state index in [1.54, 1.807) is 18.5 Å². The van der Waals surface area contributed by atoms with Gasteiger partial charge in [-0.1, -0.05) is 17.7 Å². The number of hydrogen-bond acceptors (Lipinski definition) is 6. The van der Waals surface area contributed by atoms with Gasteiger partial charge in [0.05, 0.1) is 12.5 Å². The predicted octanol–water partition coefficient (Wildman–Crippen LogP) is 2.03. The number of nitriles is 1. The van der Waals surface area contributed by atoms with E-state index in [2.05, 4.69) is 21.0 Å². The standard InChI is InChI=1S/C13H13ClN6/c14-11-7-12(19-13(16)18-11)20(6-2-4-15)9-10-3-1-5-17-8-10/h1,3,5,7-8H,2,6,9H2,(H2,16,18,19). The molecule has 2 aromatic rings. The number of hydrogen-bond donors (Lipinski definition) is 1. The predicted molar refractivity (Wildman–Crippen MR) is 77.0 cm³/mol. The summed E-state index contributed by atoms with van der Waals surface area (Å²) in [6.45, 7) is 1.10. The molecule has 0 unspecified atom stereocenters. The van der Waals surface area contributed by atoms with Crippen LogP contribution in [0.2, 0.25) is 5.15 Å². The molecule has 0 spiro atoms. The van der Waals surface area contributed by atoms with Gasteiger partial charge >= 0.3 is 0 Å². The van der Waals surface area contributed by atoms with Crippen molar-refractivity contribution in [3.05, 3.63) is 41.3 Å². The van der Waals surface area contributed by atoms with Crippen LogP contribution in [-0.4, -0.2) is 21.5 Å². The second-order valence-corrected chi connectivity index (χ2v) is 4.49. The minimum Gasteiger partial charge on any atom is -0.368 e. The van der Waals surface area contributed by atoms with E-state index in [0.717, 1.165) is 5.56 Å². The molecule has 0 saturated carbocycles. The molecule has 20 heavy (non-hydrogen) atoms. The van der Waals surface area contributed by atoms with Crippen LogP contribution in [-0.2, 0) is 6.54 Å². The van der Waals surface area contributed by atoms with Gasteiger partial charge in [0.15, 0.2) is 0 Å². The van der Waals surface area contributed by atoms with Crippen molar-refractivity contribution in [2.45, 2.75) is 13.0 Å². The van der Waals surface area contributed by atoms with Gasteiger partial charge in [-0.05, 0) is 11.6 Å². The molecule has 0 radical (unpaired) electrons. The Morgan fingerprint density at radius 3 is 2.90 bits per heavy atom. The molecule has 0 aliphatic carbocycles. The van der Waals surface area contributed by atoms with Crippen molar-refractivity contribution < 1.29 is 0 Å². The number of aromatic nitrogens is 3. The summed E-state index contributed by atoms with van der Waals surface area (Å²) < 4.78 is 0. The van der Waals surface area contributed by atoms with Crippen LogP contribution in [0, 0.1) is 11.3 Å². The van der Waals surface area contributed by atoms with Gasteiger partial charge in [-0.25, -0.2) is 4.98 Å². The van der Waals surface area contributed by atoms with Gasteiger partial charge in [0.25, 0.3) is 0 Å². The normalized spacial score (nSPS) is 10.0. The summed E-state index contributed by atoms with van der Waals surface area (Å²) in [5, 5.41) is 9.04. The summed E-state index contributed by atoms with van der Waals surface area (Å²) in [6, 6.07) is 7.57. The van der Waals surface area contributed by atoms with Gasteiger partial charge in [0.1, 0.15) is 11.0 Å². The minimum atomic E-state index is 0.112. The first-order chi connectivity index (χ1) is 9.69. The number of halogens is 1. The second kappa shape index (κ2) is 6.68. The van der Waals surface area contributed by atoms with E-state index in [0.29, 0.717) is 25.3 Å². The van der Waals surface area contributed by atoms with Crippen LogP contribution in [0.25, 0.3) is 0 Å². The molecule has 2 N–H and O–H groups in total. The molecule has 0 aliphatic heterocycles. The number of nitrogens with zero attached hydrogens (tertiary/aromatic N) is 5. The summed E-state index contributed by atoms with van der Waals surface area (Å²) >= 11 is 5.90. The monoisotopic (exact) mass is 288 g/mol. The fraction of sp³-hybridized carbons (Fsp3) is 0.231. The first kappa shape index (κ1) is 14.0. The Labute approximate surface area is 121 Å². The maximum atomic E-state index is 8.76. The van der Waals surface area contributed by atoms with E-state index in [9.17, 15) is 0 Å². The molecule has 0 aromatic carbocycles. The molecule has 7 heteroatoms. The maximum Gasteiger partial charge on any atom is 0.223 e. The Balaban J connectivity index is 2.25. The Kier molecular flexibility index (Phi) is 4.69. The lowest BCUT2D eigenvalue weighted by Crippen LogP contribution is -2.25. The first-order valence-corrected chi connectivity index (χ1v) is 6.37. The number of rotatable bonds is 5. The zero-order valence-electron chi connectivity index (χ0n) is 10.7. The quantitative estimate of drug-likeness (QED) is 0.846. The van der Waals surface area contributed by atoms with Crippen LogP contribution in [0.1, 0.15) is 12.0 Å². The van der Waals surface area contributed by atoms with Gasteiger partial charge < -0.3 is 10.6 Å². The van der Waals surface area contributed by atoms with E-state index in [4.69, 9.17) is 22.6 Å². The Morgan fingerprint density at radius 1 is 1.40 bits per heavy atom. The number of nitrogen functional groups attached to an aromatic ring is 1. The average Bonchev–Trinajstić information content (AvgIpc) is 2.43. The largest absolute Gasteiger partial charge is 0.368 e. The van der Waals surface area contributed by atoms with Crippen LogP contribution in [0.4, 0.5) is 11.8 Å². The number of pyridine rings is 1. The summed E-state index contributed by atoms with van der Waals surface area (Å²) in [5.74, 6) is 0.710. The summed E-state index contributed by atoms with van der Waals surface area (Å²) in [7, 11) is 0. The molecule has 6 nitrogen and oxygen atoms in total. The van der Waals surface area contributed by atoms with Crippen LogP contribution < -0.4 is 10.6 Å². The Bertz CT molecular complexity index is 590. The van der Waals surface area contributed by atoms with Gasteiger partial charge in [-0.3, -0.25) is 4.98 Å². The smallest absolute Gasteiger partial charge is 0.223 e. The molecular weight excluding hydrogens is 276 g/mol. The molecule has 102 valence electrons. The van der Waals surface area contributed by atoms with Gasteiger partial charge in [0.2, 0.25) is 5.95 Å². The van der Waals surface area contributed by atoms with Crippen molar-refractivity contribution in [2.24, 2.45) is 0 Å². The molecule has 0 bridgehead atoms. The summed E-state index contributed by atoms with van der Waals surface area (Å²) in [5.41, 5.74) is 6.62. The van der Waals surface area contributed by atoms with Gasteiger partial charge in [-0.2, -0.15) is 10.2 Å². The van der Waals surface area contributed by atoms with Crippen molar-refractivity contribution in [3.8, 4) is 6.07 Å². The number of anilines is 2. The maximum absolute atomic E-state index is 8.76. The summed E-state index contributed by atoms with van der Waals surface area (Å²) in [6.07, 6.45) is 3.86. The van der Waals surface area contributed by atoms with Crippen molar-refractivity contribution in [3.63, 3.8) is 0 Å². The Hall–Kier alpha value is -2.39. The third-order valence-corrected chi connectivity index (χ3v) is 2.81. The molecule has 0 amide bonds.